The Hall–Kier alpha value is -1.72. The van der Waals surface area contributed by atoms with Gasteiger partial charge in [-0.15, -0.1) is 0 Å². The Morgan fingerprint density at radius 1 is 1.21 bits per heavy atom. The maximum Gasteiger partial charge on any atom is 0.289 e. The number of ether oxygens (including phenoxy) is 2. The zero-order valence-corrected chi connectivity index (χ0v) is 14.5. The van der Waals surface area contributed by atoms with Crippen LogP contribution in [0.3, 0.4) is 0 Å². The number of likely N-dealkylation sites (tertiary alicyclic amines) is 1. The first-order chi connectivity index (χ1) is 11.6. The lowest BCUT2D eigenvalue weighted by Gasteiger charge is -2.36. The zero-order valence-electron chi connectivity index (χ0n) is 13.8. The molecular weight excluding hydrogens is 330 g/mol. The van der Waals surface area contributed by atoms with Gasteiger partial charge in [-0.2, -0.15) is 0 Å². The molecule has 4 rings (SSSR count). The Bertz CT molecular complexity index is 773. The van der Waals surface area contributed by atoms with Crippen molar-refractivity contribution in [1.82, 2.24) is 4.90 Å². The van der Waals surface area contributed by atoms with Crippen LogP contribution in [0.5, 0.6) is 5.75 Å². The van der Waals surface area contributed by atoms with Crippen molar-refractivity contribution in [2.75, 3.05) is 27.3 Å². The van der Waals surface area contributed by atoms with Gasteiger partial charge in [0.2, 0.25) is 0 Å². The van der Waals surface area contributed by atoms with Gasteiger partial charge >= 0.3 is 0 Å². The van der Waals surface area contributed by atoms with Crippen LogP contribution in [0.15, 0.2) is 22.6 Å². The number of rotatable bonds is 3. The van der Waals surface area contributed by atoms with E-state index in [1.165, 1.54) is 0 Å². The quantitative estimate of drug-likeness (QED) is 0.849. The summed E-state index contributed by atoms with van der Waals surface area (Å²) in [4.78, 5) is 14.8. The van der Waals surface area contributed by atoms with Crippen LogP contribution in [-0.4, -0.2) is 44.2 Å². The number of methoxy groups -OCH3 is 2. The molecule has 0 radical (unpaired) electrons. The van der Waals surface area contributed by atoms with E-state index in [-0.39, 0.29) is 12.0 Å². The summed E-state index contributed by atoms with van der Waals surface area (Å²) in [7, 11) is 3.32. The maximum atomic E-state index is 12.9. The Labute approximate surface area is 145 Å². The van der Waals surface area contributed by atoms with Crippen LogP contribution in [0.1, 0.15) is 23.4 Å². The van der Waals surface area contributed by atoms with Crippen LogP contribution in [0.25, 0.3) is 11.0 Å². The molecule has 0 N–H and O–H groups in total. The van der Waals surface area contributed by atoms with Crippen molar-refractivity contribution in [3.8, 4) is 5.75 Å². The van der Waals surface area contributed by atoms with Gasteiger partial charge in [0.05, 0.1) is 13.2 Å². The van der Waals surface area contributed by atoms with Gasteiger partial charge in [-0.3, -0.25) is 4.79 Å². The van der Waals surface area contributed by atoms with Gasteiger partial charge in [-0.1, -0.05) is 11.6 Å². The molecule has 1 aliphatic heterocycles. The summed E-state index contributed by atoms with van der Waals surface area (Å²) in [6, 6.07) is 5.21. The number of hydrogen-bond donors (Lipinski definition) is 0. The van der Waals surface area contributed by atoms with Crippen LogP contribution < -0.4 is 4.74 Å². The van der Waals surface area contributed by atoms with Crippen molar-refractivity contribution < 1.29 is 18.7 Å². The molecule has 1 amide bonds. The van der Waals surface area contributed by atoms with E-state index < -0.39 is 0 Å². The number of furan rings is 1. The fourth-order valence-electron chi connectivity index (χ4n) is 4.22. The van der Waals surface area contributed by atoms with Crippen molar-refractivity contribution in [3.63, 3.8) is 0 Å². The summed E-state index contributed by atoms with van der Waals surface area (Å²) in [5.74, 6) is 1.64. The van der Waals surface area contributed by atoms with E-state index in [9.17, 15) is 4.79 Å². The van der Waals surface area contributed by atoms with Crippen LogP contribution in [0.4, 0.5) is 0 Å². The molecule has 1 saturated carbocycles. The fourth-order valence-corrected chi connectivity index (χ4v) is 4.44. The minimum absolute atomic E-state index is 0.0733. The summed E-state index contributed by atoms with van der Waals surface area (Å²) in [6.07, 6.45) is 2.52. The minimum Gasteiger partial charge on any atom is -0.493 e. The lowest BCUT2D eigenvalue weighted by atomic mass is 9.94. The van der Waals surface area contributed by atoms with Gasteiger partial charge in [-0.25, -0.2) is 0 Å². The Balaban J connectivity index is 1.62. The number of nitrogens with zero attached hydrogens (tertiary/aromatic N) is 1. The highest BCUT2D eigenvalue weighted by molar-refractivity contribution is 6.31. The zero-order chi connectivity index (χ0) is 16.8. The molecular formula is C18H20ClNO4. The highest BCUT2D eigenvalue weighted by Crippen LogP contribution is 2.39. The van der Waals surface area contributed by atoms with E-state index in [1.807, 2.05) is 4.90 Å². The third-order valence-corrected chi connectivity index (χ3v) is 5.50. The molecule has 2 bridgehead atoms. The molecule has 1 aliphatic carbocycles. The number of halogens is 1. The van der Waals surface area contributed by atoms with Crippen LogP contribution >= 0.6 is 11.6 Å². The smallest absolute Gasteiger partial charge is 0.289 e. The molecule has 1 aromatic carbocycles. The number of amides is 1. The molecule has 128 valence electrons. The highest BCUT2D eigenvalue weighted by atomic mass is 35.5. The highest BCUT2D eigenvalue weighted by Gasteiger charge is 2.44. The van der Waals surface area contributed by atoms with E-state index >= 15 is 0 Å². The number of hydrogen-bond acceptors (Lipinski definition) is 4. The van der Waals surface area contributed by atoms with E-state index in [0.717, 1.165) is 31.3 Å². The van der Waals surface area contributed by atoms with Crippen molar-refractivity contribution in [1.29, 1.82) is 0 Å². The lowest BCUT2D eigenvalue weighted by molar-refractivity contribution is -0.0121. The van der Waals surface area contributed by atoms with Gasteiger partial charge in [0, 0.05) is 48.5 Å². The van der Waals surface area contributed by atoms with Crippen molar-refractivity contribution >= 4 is 28.5 Å². The fraction of sp³-hybridized carbons (Fsp3) is 0.500. The van der Waals surface area contributed by atoms with Gasteiger partial charge in [0.1, 0.15) is 0 Å². The monoisotopic (exact) mass is 349 g/mol. The van der Waals surface area contributed by atoms with Crippen molar-refractivity contribution in [2.45, 2.75) is 18.9 Å². The summed E-state index contributed by atoms with van der Waals surface area (Å²) < 4.78 is 16.7. The molecule has 5 nitrogen and oxygen atoms in total. The number of benzene rings is 1. The van der Waals surface area contributed by atoms with Gasteiger partial charge in [-0.05, 0) is 25.0 Å². The van der Waals surface area contributed by atoms with Gasteiger partial charge in [0.15, 0.2) is 17.1 Å². The molecule has 1 aromatic heterocycles. The average molecular weight is 350 g/mol. The Kier molecular flexibility index (Phi) is 3.93. The number of piperidine rings is 1. The van der Waals surface area contributed by atoms with Crippen LogP contribution in [0, 0.1) is 11.8 Å². The molecule has 2 aliphatic rings. The summed E-state index contributed by atoms with van der Waals surface area (Å²) in [6.45, 7) is 1.45. The first-order valence-electron chi connectivity index (χ1n) is 8.20. The second kappa shape index (κ2) is 5.97. The molecule has 2 fully saturated rings. The average Bonchev–Trinajstić information content (AvgIpc) is 3.10. The summed E-state index contributed by atoms with van der Waals surface area (Å²) in [5.41, 5.74) is 0.556. The second-order valence-electron chi connectivity index (χ2n) is 6.65. The first kappa shape index (κ1) is 15.8. The first-order valence-corrected chi connectivity index (χ1v) is 8.57. The third kappa shape index (κ3) is 2.47. The maximum absolute atomic E-state index is 12.9. The van der Waals surface area contributed by atoms with Crippen LogP contribution in [0.2, 0.25) is 5.02 Å². The van der Waals surface area contributed by atoms with Crippen molar-refractivity contribution in [3.05, 3.63) is 29.0 Å². The molecule has 6 heteroatoms. The third-order valence-electron chi connectivity index (χ3n) is 5.28. The number of carbonyl (C=O) groups is 1. The largest absolute Gasteiger partial charge is 0.493 e. The van der Waals surface area contributed by atoms with Crippen molar-refractivity contribution in [2.24, 2.45) is 11.8 Å². The molecule has 1 saturated heterocycles. The molecule has 0 spiro atoms. The number of fused-ring (bicyclic) bond motifs is 3. The van der Waals surface area contributed by atoms with Gasteiger partial charge in [0.25, 0.3) is 5.91 Å². The van der Waals surface area contributed by atoms with Gasteiger partial charge < -0.3 is 18.8 Å². The second-order valence-corrected chi connectivity index (χ2v) is 7.08. The molecule has 24 heavy (non-hydrogen) atoms. The molecule has 2 heterocycles. The topological polar surface area (TPSA) is 51.9 Å². The van der Waals surface area contributed by atoms with E-state index in [4.69, 9.17) is 25.5 Å². The van der Waals surface area contributed by atoms with Crippen LogP contribution in [-0.2, 0) is 4.74 Å². The Morgan fingerprint density at radius 3 is 2.54 bits per heavy atom. The Morgan fingerprint density at radius 2 is 1.92 bits per heavy atom. The van der Waals surface area contributed by atoms with E-state index in [2.05, 4.69) is 0 Å². The van der Waals surface area contributed by atoms with E-state index in [1.54, 1.807) is 32.4 Å². The normalized spacial score (nSPS) is 26.1. The predicted molar refractivity (Wildman–Crippen MR) is 90.7 cm³/mol. The summed E-state index contributed by atoms with van der Waals surface area (Å²) in [5, 5.41) is 1.33. The lowest BCUT2D eigenvalue weighted by Crippen LogP contribution is -2.47. The molecule has 1 unspecified atom stereocenters. The molecule has 3 atom stereocenters. The minimum atomic E-state index is -0.0733. The standard InChI is InChI=1S/C18H20ClNO4/c1-22-14-7-13(19)5-12-6-15(24-17(12)14)18(21)20-8-10-3-4-11(9-20)16(10)23-2/h5-7,10-11,16H,3-4,8-9H2,1-2H3/t10-,11+,16?. The number of carbonyl (C=O) groups excluding carboxylic acids is 1. The SMILES string of the molecule is COc1cc(Cl)cc2cc(C(=O)N3C[C@H]4CC[C@@H](C3)C4OC)oc12. The van der Waals surface area contributed by atoms with E-state index in [0.29, 0.717) is 34.0 Å². The predicted octanol–water partition coefficient (Wildman–Crippen LogP) is 3.59. The molecule has 2 aromatic rings. The summed E-state index contributed by atoms with van der Waals surface area (Å²) >= 11 is 6.09.